The van der Waals surface area contributed by atoms with Crippen molar-refractivity contribution >= 4 is 5.69 Å². The highest BCUT2D eigenvalue weighted by molar-refractivity contribution is 5.51. The van der Waals surface area contributed by atoms with Gasteiger partial charge in [0.2, 0.25) is 0 Å². The van der Waals surface area contributed by atoms with Crippen LogP contribution in [0.25, 0.3) is 0 Å². The van der Waals surface area contributed by atoms with Gasteiger partial charge in [0.15, 0.2) is 0 Å². The zero-order valence-electron chi connectivity index (χ0n) is 10.7. The zero-order valence-corrected chi connectivity index (χ0v) is 10.7. The van der Waals surface area contributed by atoms with Crippen molar-refractivity contribution in [2.24, 2.45) is 0 Å². The fourth-order valence-electron chi connectivity index (χ4n) is 1.92. The van der Waals surface area contributed by atoms with Gasteiger partial charge in [0.05, 0.1) is 6.61 Å². The number of methoxy groups -OCH3 is 1. The highest BCUT2D eigenvalue weighted by atomic mass is 16.5. The molecular formula is C16H19NO. The second-order valence-electron chi connectivity index (χ2n) is 4.24. The third-order valence-electron chi connectivity index (χ3n) is 2.92. The minimum Gasteiger partial charge on any atom is -0.384 e. The van der Waals surface area contributed by atoms with E-state index in [1.807, 2.05) is 6.07 Å². The fraction of sp³-hybridized carbons (Fsp3) is 0.250. The quantitative estimate of drug-likeness (QED) is 0.836. The van der Waals surface area contributed by atoms with Gasteiger partial charge in [-0.25, -0.2) is 0 Å². The average Bonchev–Trinajstić information content (AvgIpc) is 2.45. The summed E-state index contributed by atoms with van der Waals surface area (Å²) in [5.41, 5.74) is 3.78. The van der Waals surface area contributed by atoms with Crippen LogP contribution in [0.15, 0.2) is 54.6 Å². The molecule has 0 aliphatic heterocycles. The Bertz CT molecular complexity index is 468. The van der Waals surface area contributed by atoms with Crippen molar-refractivity contribution in [3.63, 3.8) is 0 Å². The monoisotopic (exact) mass is 241 g/mol. The summed E-state index contributed by atoms with van der Waals surface area (Å²) in [7, 11) is 1.74. The second kappa shape index (κ2) is 6.82. The molecule has 0 aliphatic rings. The summed E-state index contributed by atoms with van der Waals surface area (Å²) < 4.78 is 5.14. The van der Waals surface area contributed by atoms with E-state index < -0.39 is 0 Å². The normalized spacial score (nSPS) is 10.3. The molecule has 0 aromatic heterocycles. The standard InChI is InChI=1S/C16H19NO/c1-18-12-11-15-9-5-6-10-16(15)17-13-14-7-3-2-4-8-14/h2-10,17H,11-13H2,1H3. The van der Waals surface area contributed by atoms with E-state index in [-0.39, 0.29) is 0 Å². The molecule has 0 unspecified atom stereocenters. The molecular weight excluding hydrogens is 222 g/mol. The summed E-state index contributed by atoms with van der Waals surface area (Å²) in [5.74, 6) is 0. The van der Waals surface area contributed by atoms with E-state index in [1.54, 1.807) is 7.11 Å². The van der Waals surface area contributed by atoms with Crippen molar-refractivity contribution < 1.29 is 4.74 Å². The molecule has 0 bridgehead atoms. The molecule has 0 saturated heterocycles. The summed E-state index contributed by atoms with van der Waals surface area (Å²) >= 11 is 0. The van der Waals surface area contributed by atoms with Crippen LogP contribution in [0.1, 0.15) is 11.1 Å². The number of anilines is 1. The summed E-state index contributed by atoms with van der Waals surface area (Å²) in [5, 5.41) is 3.48. The van der Waals surface area contributed by atoms with E-state index in [9.17, 15) is 0 Å². The van der Waals surface area contributed by atoms with Gasteiger partial charge in [-0.1, -0.05) is 48.5 Å². The van der Waals surface area contributed by atoms with Crippen molar-refractivity contribution in [3.8, 4) is 0 Å². The van der Waals surface area contributed by atoms with Gasteiger partial charge in [0.1, 0.15) is 0 Å². The predicted molar refractivity (Wildman–Crippen MR) is 75.8 cm³/mol. The van der Waals surface area contributed by atoms with Gasteiger partial charge in [-0.3, -0.25) is 0 Å². The molecule has 2 heteroatoms. The largest absolute Gasteiger partial charge is 0.384 e. The molecule has 0 aliphatic carbocycles. The number of ether oxygens (including phenoxy) is 1. The number of hydrogen-bond donors (Lipinski definition) is 1. The van der Waals surface area contributed by atoms with Gasteiger partial charge < -0.3 is 10.1 Å². The number of rotatable bonds is 6. The third-order valence-corrected chi connectivity index (χ3v) is 2.92. The Labute approximate surface area is 109 Å². The Hall–Kier alpha value is -1.80. The predicted octanol–water partition coefficient (Wildman–Crippen LogP) is 3.49. The van der Waals surface area contributed by atoms with Gasteiger partial charge in [-0.05, 0) is 23.6 Å². The summed E-state index contributed by atoms with van der Waals surface area (Å²) in [4.78, 5) is 0. The number of hydrogen-bond acceptors (Lipinski definition) is 2. The summed E-state index contributed by atoms with van der Waals surface area (Å²) in [6, 6.07) is 18.8. The lowest BCUT2D eigenvalue weighted by atomic mass is 10.1. The van der Waals surface area contributed by atoms with Crippen LogP contribution < -0.4 is 5.32 Å². The van der Waals surface area contributed by atoms with E-state index >= 15 is 0 Å². The first-order valence-electron chi connectivity index (χ1n) is 6.25. The first kappa shape index (κ1) is 12.7. The Balaban J connectivity index is 2.00. The van der Waals surface area contributed by atoms with Gasteiger partial charge >= 0.3 is 0 Å². The fourth-order valence-corrected chi connectivity index (χ4v) is 1.92. The van der Waals surface area contributed by atoms with Gasteiger partial charge in [-0.2, -0.15) is 0 Å². The average molecular weight is 241 g/mol. The lowest BCUT2D eigenvalue weighted by Gasteiger charge is -2.11. The molecule has 2 nitrogen and oxygen atoms in total. The van der Waals surface area contributed by atoms with Crippen molar-refractivity contribution in [2.45, 2.75) is 13.0 Å². The van der Waals surface area contributed by atoms with E-state index in [4.69, 9.17) is 4.74 Å². The Morgan fingerprint density at radius 1 is 0.944 bits per heavy atom. The second-order valence-corrected chi connectivity index (χ2v) is 4.24. The molecule has 18 heavy (non-hydrogen) atoms. The lowest BCUT2D eigenvalue weighted by Crippen LogP contribution is -2.04. The Morgan fingerprint density at radius 3 is 2.44 bits per heavy atom. The molecule has 1 N–H and O–H groups in total. The van der Waals surface area contributed by atoms with Crippen LogP contribution in [0.2, 0.25) is 0 Å². The van der Waals surface area contributed by atoms with Crippen LogP contribution in [0.4, 0.5) is 5.69 Å². The van der Waals surface area contributed by atoms with Gasteiger partial charge in [0, 0.05) is 19.3 Å². The van der Waals surface area contributed by atoms with E-state index in [0.29, 0.717) is 0 Å². The van der Waals surface area contributed by atoms with Gasteiger partial charge in [-0.15, -0.1) is 0 Å². The molecule has 2 aromatic rings. The molecule has 0 fully saturated rings. The minimum absolute atomic E-state index is 0.754. The molecule has 0 saturated carbocycles. The number of para-hydroxylation sites is 1. The molecule has 0 radical (unpaired) electrons. The van der Waals surface area contributed by atoms with Crippen LogP contribution in [0.5, 0.6) is 0 Å². The topological polar surface area (TPSA) is 21.3 Å². The van der Waals surface area contributed by atoms with Crippen LogP contribution >= 0.6 is 0 Å². The SMILES string of the molecule is COCCc1ccccc1NCc1ccccc1. The van der Waals surface area contributed by atoms with Crippen LogP contribution in [-0.2, 0) is 17.7 Å². The van der Waals surface area contributed by atoms with Crippen LogP contribution in [0.3, 0.4) is 0 Å². The van der Waals surface area contributed by atoms with Crippen molar-refractivity contribution in [1.82, 2.24) is 0 Å². The maximum atomic E-state index is 5.14. The smallest absolute Gasteiger partial charge is 0.0503 e. The zero-order chi connectivity index (χ0) is 12.6. The molecule has 2 aromatic carbocycles. The number of nitrogens with one attached hydrogen (secondary N) is 1. The summed E-state index contributed by atoms with van der Waals surface area (Å²) in [6.45, 7) is 1.61. The molecule has 2 rings (SSSR count). The highest BCUT2D eigenvalue weighted by Crippen LogP contribution is 2.16. The van der Waals surface area contributed by atoms with E-state index in [0.717, 1.165) is 19.6 Å². The maximum Gasteiger partial charge on any atom is 0.0503 e. The van der Waals surface area contributed by atoms with Gasteiger partial charge in [0.25, 0.3) is 0 Å². The molecule has 94 valence electrons. The summed E-state index contributed by atoms with van der Waals surface area (Å²) in [6.07, 6.45) is 0.939. The molecule has 0 heterocycles. The first-order chi connectivity index (χ1) is 8.90. The lowest BCUT2D eigenvalue weighted by molar-refractivity contribution is 0.202. The molecule has 0 amide bonds. The van der Waals surface area contributed by atoms with Crippen molar-refractivity contribution in [1.29, 1.82) is 0 Å². The molecule has 0 spiro atoms. The first-order valence-corrected chi connectivity index (χ1v) is 6.25. The maximum absolute atomic E-state index is 5.14. The highest BCUT2D eigenvalue weighted by Gasteiger charge is 2.01. The van der Waals surface area contributed by atoms with Crippen molar-refractivity contribution in [3.05, 3.63) is 65.7 Å². The van der Waals surface area contributed by atoms with Crippen molar-refractivity contribution in [2.75, 3.05) is 19.0 Å². The van der Waals surface area contributed by atoms with E-state index in [2.05, 4.69) is 53.8 Å². The van der Waals surface area contributed by atoms with Crippen LogP contribution in [-0.4, -0.2) is 13.7 Å². The number of benzene rings is 2. The van der Waals surface area contributed by atoms with E-state index in [1.165, 1.54) is 16.8 Å². The Kier molecular flexibility index (Phi) is 4.79. The molecule has 0 atom stereocenters. The van der Waals surface area contributed by atoms with Crippen LogP contribution in [0, 0.1) is 0 Å². The third kappa shape index (κ3) is 3.60. The minimum atomic E-state index is 0.754. The Morgan fingerprint density at radius 2 is 1.67 bits per heavy atom.